The van der Waals surface area contributed by atoms with Gasteiger partial charge in [-0.2, -0.15) is 0 Å². The maximum Gasteiger partial charge on any atom is 0.254 e. The predicted molar refractivity (Wildman–Crippen MR) is 105 cm³/mol. The van der Waals surface area contributed by atoms with Crippen LogP contribution in [0.1, 0.15) is 20.7 Å². The summed E-state index contributed by atoms with van der Waals surface area (Å²) in [6, 6.07) is 14.3. The Bertz CT molecular complexity index is 714. The van der Waals surface area contributed by atoms with E-state index in [-0.39, 0.29) is 5.91 Å². The molecule has 4 nitrogen and oxygen atoms in total. The fourth-order valence-electron chi connectivity index (χ4n) is 2.12. The summed E-state index contributed by atoms with van der Waals surface area (Å²) in [5.74, 6) is 0.0887. The number of hydrogen-bond acceptors (Lipinski definition) is 3. The number of carbonyl (C=O) groups is 2. The number of morpholine rings is 1. The number of hydrogen-bond donors (Lipinski definition) is 0. The van der Waals surface area contributed by atoms with Gasteiger partial charge in [0, 0.05) is 33.2 Å². The quantitative estimate of drug-likeness (QED) is 0.572. The molecule has 1 fully saturated rings. The second-order valence-electron chi connectivity index (χ2n) is 5.19. The third-order valence-corrected chi connectivity index (χ3v) is 4.74. The van der Waals surface area contributed by atoms with Gasteiger partial charge in [0.05, 0.1) is 13.2 Å². The van der Waals surface area contributed by atoms with Gasteiger partial charge in [-0.3, -0.25) is 9.59 Å². The molecular formula is C18H16Br2ClNO3. The fraction of sp³-hybridized carbons (Fsp3) is 0.222. The molecule has 132 valence electrons. The van der Waals surface area contributed by atoms with Gasteiger partial charge < -0.3 is 9.64 Å². The lowest BCUT2D eigenvalue weighted by molar-refractivity contribution is 0.0303. The molecule has 1 heterocycles. The lowest BCUT2D eigenvalue weighted by Crippen LogP contribution is -2.40. The summed E-state index contributed by atoms with van der Waals surface area (Å²) in [5.41, 5.74) is 1.25. The zero-order chi connectivity index (χ0) is 18.2. The minimum atomic E-state index is -0.424. The second kappa shape index (κ2) is 10.1. The number of nitrogens with zero attached hydrogens (tertiary/aromatic N) is 1. The molecule has 0 bridgehead atoms. The Morgan fingerprint density at radius 1 is 0.840 bits per heavy atom. The van der Waals surface area contributed by atoms with E-state index >= 15 is 0 Å². The molecule has 0 spiro atoms. The summed E-state index contributed by atoms with van der Waals surface area (Å²) < 4.78 is 7.13. The molecule has 0 radical (unpaired) electrons. The largest absolute Gasteiger partial charge is 0.378 e. The zero-order valence-corrected chi connectivity index (χ0v) is 17.2. The van der Waals surface area contributed by atoms with E-state index < -0.39 is 5.24 Å². The monoisotopic (exact) mass is 487 g/mol. The van der Waals surface area contributed by atoms with Crippen LogP contribution in [0.5, 0.6) is 0 Å². The molecule has 0 saturated carbocycles. The van der Waals surface area contributed by atoms with Crippen LogP contribution in [-0.4, -0.2) is 42.4 Å². The highest BCUT2D eigenvalue weighted by Crippen LogP contribution is 2.13. The number of carbonyl (C=O) groups excluding carboxylic acids is 2. The molecule has 1 amide bonds. The summed E-state index contributed by atoms with van der Waals surface area (Å²) in [7, 11) is 0. The Morgan fingerprint density at radius 3 is 1.72 bits per heavy atom. The van der Waals surface area contributed by atoms with Gasteiger partial charge in [0.15, 0.2) is 0 Å². The van der Waals surface area contributed by atoms with Crippen molar-refractivity contribution in [3.8, 4) is 0 Å². The van der Waals surface area contributed by atoms with E-state index in [2.05, 4.69) is 31.9 Å². The van der Waals surface area contributed by atoms with Crippen LogP contribution in [0, 0.1) is 0 Å². The van der Waals surface area contributed by atoms with Crippen molar-refractivity contribution in [3.63, 3.8) is 0 Å². The molecule has 1 aliphatic rings. The number of halogens is 3. The van der Waals surface area contributed by atoms with Gasteiger partial charge in [-0.25, -0.2) is 0 Å². The molecule has 1 aliphatic heterocycles. The molecule has 0 aliphatic carbocycles. The van der Waals surface area contributed by atoms with Crippen LogP contribution in [0.25, 0.3) is 0 Å². The van der Waals surface area contributed by atoms with Crippen molar-refractivity contribution in [2.75, 3.05) is 26.3 Å². The number of ether oxygens (including phenoxy) is 1. The van der Waals surface area contributed by atoms with Crippen molar-refractivity contribution >= 4 is 54.6 Å². The van der Waals surface area contributed by atoms with Gasteiger partial charge in [0.2, 0.25) is 0 Å². The molecular weight excluding hydrogens is 473 g/mol. The predicted octanol–water partition coefficient (Wildman–Crippen LogP) is 4.75. The third kappa shape index (κ3) is 6.55. The van der Waals surface area contributed by atoms with E-state index in [9.17, 15) is 9.59 Å². The first-order chi connectivity index (χ1) is 12.0. The Labute approximate surface area is 168 Å². The first kappa shape index (κ1) is 20.1. The fourth-order valence-corrected chi connectivity index (χ4v) is 2.78. The first-order valence-electron chi connectivity index (χ1n) is 7.55. The first-order valence-corrected chi connectivity index (χ1v) is 9.52. The number of rotatable bonds is 2. The average molecular weight is 490 g/mol. The summed E-state index contributed by atoms with van der Waals surface area (Å²) >= 11 is 11.8. The lowest BCUT2D eigenvalue weighted by atomic mass is 10.2. The molecule has 1 saturated heterocycles. The van der Waals surface area contributed by atoms with Gasteiger partial charge in [-0.1, -0.05) is 31.9 Å². The van der Waals surface area contributed by atoms with E-state index in [1.54, 1.807) is 24.3 Å². The van der Waals surface area contributed by atoms with E-state index in [1.807, 2.05) is 29.2 Å². The van der Waals surface area contributed by atoms with Gasteiger partial charge in [0.1, 0.15) is 0 Å². The molecule has 25 heavy (non-hydrogen) atoms. The highest BCUT2D eigenvalue weighted by Gasteiger charge is 2.17. The zero-order valence-electron chi connectivity index (χ0n) is 13.3. The maximum atomic E-state index is 12.0. The smallest absolute Gasteiger partial charge is 0.254 e. The highest BCUT2D eigenvalue weighted by molar-refractivity contribution is 9.10. The molecule has 2 aromatic carbocycles. The van der Waals surface area contributed by atoms with Crippen LogP contribution in [0.2, 0.25) is 0 Å². The summed E-state index contributed by atoms with van der Waals surface area (Å²) in [6.07, 6.45) is 0. The van der Waals surface area contributed by atoms with Crippen molar-refractivity contribution < 1.29 is 14.3 Å². The van der Waals surface area contributed by atoms with Crippen LogP contribution in [-0.2, 0) is 4.74 Å². The van der Waals surface area contributed by atoms with Crippen molar-refractivity contribution in [1.29, 1.82) is 0 Å². The minimum absolute atomic E-state index is 0.0887. The van der Waals surface area contributed by atoms with Crippen LogP contribution in [0.15, 0.2) is 57.5 Å². The lowest BCUT2D eigenvalue weighted by Gasteiger charge is -2.26. The Hall–Kier alpha value is -1.21. The van der Waals surface area contributed by atoms with E-state index in [1.165, 1.54) is 0 Å². The Morgan fingerprint density at radius 2 is 1.28 bits per heavy atom. The van der Waals surface area contributed by atoms with Crippen molar-refractivity contribution in [2.45, 2.75) is 0 Å². The van der Waals surface area contributed by atoms with E-state index in [4.69, 9.17) is 16.3 Å². The van der Waals surface area contributed by atoms with E-state index in [0.29, 0.717) is 31.9 Å². The number of benzene rings is 2. The molecule has 2 aromatic rings. The van der Waals surface area contributed by atoms with Crippen LogP contribution >= 0.6 is 43.5 Å². The van der Waals surface area contributed by atoms with Crippen LogP contribution < -0.4 is 0 Å². The third-order valence-electron chi connectivity index (χ3n) is 3.46. The normalized spacial score (nSPS) is 13.6. The molecule has 0 unspecified atom stereocenters. The molecule has 7 heteroatoms. The van der Waals surface area contributed by atoms with Gasteiger partial charge >= 0.3 is 0 Å². The maximum absolute atomic E-state index is 12.0. The molecule has 0 aromatic heterocycles. The highest BCUT2D eigenvalue weighted by atomic mass is 79.9. The van der Waals surface area contributed by atoms with Crippen LogP contribution in [0.3, 0.4) is 0 Å². The SMILES string of the molecule is O=C(Cl)c1ccc(Br)cc1.O=C(c1ccc(Br)cc1)N1CCOCC1. The standard InChI is InChI=1S/C11H12BrNO2.C7H4BrClO/c12-10-3-1-9(2-4-10)11(14)13-5-7-15-8-6-13;8-6-3-1-5(2-4-6)7(9)10/h1-4H,5-8H2;1-4H. The molecule has 3 rings (SSSR count). The van der Waals surface area contributed by atoms with Crippen molar-refractivity contribution in [3.05, 3.63) is 68.6 Å². The molecule has 0 N–H and O–H groups in total. The second-order valence-corrected chi connectivity index (χ2v) is 7.37. The Balaban J connectivity index is 0.000000196. The van der Waals surface area contributed by atoms with Crippen molar-refractivity contribution in [1.82, 2.24) is 4.90 Å². The topological polar surface area (TPSA) is 46.6 Å². The number of amides is 1. The van der Waals surface area contributed by atoms with Gasteiger partial charge in [-0.05, 0) is 60.1 Å². The molecule has 0 atom stereocenters. The van der Waals surface area contributed by atoms with Crippen LogP contribution in [0.4, 0.5) is 0 Å². The summed E-state index contributed by atoms with van der Waals surface area (Å²) in [4.78, 5) is 24.3. The minimum Gasteiger partial charge on any atom is -0.378 e. The van der Waals surface area contributed by atoms with Gasteiger partial charge in [-0.15, -0.1) is 0 Å². The van der Waals surface area contributed by atoms with E-state index in [0.717, 1.165) is 14.5 Å². The van der Waals surface area contributed by atoms with Crippen molar-refractivity contribution in [2.24, 2.45) is 0 Å². The van der Waals surface area contributed by atoms with Gasteiger partial charge in [0.25, 0.3) is 11.1 Å². The summed E-state index contributed by atoms with van der Waals surface area (Å²) in [6.45, 7) is 2.66. The Kier molecular flexibility index (Phi) is 8.09. The summed E-state index contributed by atoms with van der Waals surface area (Å²) in [5, 5.41) is -0.424. The average Bonchev–Trinajstić information content (AvgIpc) is 2.63.